The van der Waals surface area contributed by atoms with Gasteiger partial charge in [-0.2, -0.15) is 0 Å². The van der Waals surface area contributed by atoms with Crippen LogP contribution in [0.4, 0.5) is 26.0 Å². The van der Waals surface area contributed by atoms with E-state index in [9.17, 15) is 23.2 Å². The highest BCUT2D eigenvalue weighted by molar-refractivity contribution is 7.17. The van der Waals surface area contributed by atoms with E-state index in [1.165, 1.54) is 17.4 Å². The van der Waals surface area contributed by atoms with Gasteiger partial charge in [0.2, 0.25) is 0 Å². The standard InChI is InChI=1S/C43H38F2N4O4S/c1-26(2)29-20-33(40(46-23-29)48-24-43(25-48)15-18-53-19-16-43)41(51)47-30-12-10-27(11-13-30)42(52)49-17-14-28-21-38(54-39(28)31-6-3-4-9-36(31)49)37(50)22-32-34(44)7-5-8-35(32)45/h3-13,20-21,23H,1,14-19,22,24-25H2,2H3,(H,47,51). The average Bonchev–Trinajstić information content (AvgIpc) is 3.53. The second-order valence-electron chi connectivity index (χ2n) is 14.4. The summed E-state index contributed by atoms with van der Waals surface area (Å²) in [6.07, 6.45) is 3.87. The number of nitrogens with one attached hydrogen (secondary N) is 1. The average molecular weight is 745 g/mol. The lowest BCUT2D eigenvalue weighted by molar-refractivity contribution is -0.000511. The molecular formula is C43H38F2N4O4S. The predicted molar refractivity (Wildman–Crippen MR) is 208 cm³/mol. The number of halogens is 2. The first kappa shape index (κ1) is 35.5. The molecule has 8 nitrogen and oxygen atoms in total. The number of hydrogen-bond acceptors (Lipinski definition) is 7. The number of thiophene rings is 1. The van der Waals surface area contributed by atoms with Crippen molar-refractivity contribution in [3.05, 3.63) is 136 Å². The van der Waals surface area contributed by atoms with Crippen LogP contribution in [-0.2, 0) is 17.6 Å². The number of ketones is 1. The molecule has 0 saturated carbocycles. The van der Waals surface area contributed by atoms with Crippen molar-refractivity contribution in [3.8, 4) is 10.4 Å². The molecule has 0 radical (unpaired) electrons. The van der Waals surface area contributed by atoms with Crippen LogP contribution in [0.1, 0.15) is 66.8 Å². The molecular weight excluding hydrogens is 707 g/mol. The molecule has 3 aliphatic heterocycles. The fourth-order valence-electron chi connectivity index (χ4n) is 7.59. The lowest BCUT2D eigenvalue weighted by Crippen LogP contribution is -2.59. The zero-order valence-corrected chi connectivity index (χ0v) is 30.6. The van der Waals surface area contributed by atoms with Crippen LogP contribution in [0.25, 0.3) is 16.0 Å². The van der Waals surface area contributed by atoms with E-state index in [0.717, 1.165) is 78.4 Å². The van der Waals surface area contributed by atoms with Gasteiger partial charge in [-0.15, -0.1) is 11.3 Å². The summed E-state index contributed by atoms with van der Waals surface area (Å²) in [5.74, 6) is -1.72. The number of ether oxygens (including phenoxy) is 1. The number of pyridine rings is 1. The maximum Gasteiger partial charge on any atom is 0.259 e. The lowest BCUT2D eigenvalue weighted by Gasteiger charge is -2.53. The summed E-state index contributed by atoms with van der Waals surface area (Å²) in [7, 11) is 0. The van der Waals surface area contributed by atoms with Crippen molar-refractivity contribution in [2.45, 2.75) is 32.6 Å². The molecule has 274 valence electrons. The first-order valence-electron chi connectivity index (χ1n) is 18.0. The van der Waals surface area contributed by atoms with Crippen molar-refractivity contribution in [3.63, 3.8) is 0 Å². The van der Waals surface area contributed by atoms with E-state index in [4.69, 9.17) is 9.72 Å². The third-order valence-electron chi connectivity index (χ3n) is 10.7. The Balaban J connectivity index is 0.988. The van der Waals surface area contributed by atoms with Gasteiger partial charge in [-0.1, -0.05) is 30.8 Å². The minimum absolute atomic E-state index is 0.205. The van der Waals surface area contributed by atoms with Gasteiger partial charge in [0.25, 0.3) is 11.8 Å². The number of allylic oxidation sites excluding steroid dienone is 1. The molecule has 0 aliphatic carbocycles. The SMILES string of the molecule is C=C(C)c1cnc(N2CC3(CCOCC3)C2)c(C(=O)Nc2ccc(C(=O)N3CCc4cc(C(=O)Cc5c(F)cccc5F)sc4-c4ccccc43)cc2)c1. The van der Waals surface area contributed by atoms with Gasteiger partial charge < -0.3 is 19.9 Å². The second kappa shape index (κ2) is 14.4. The van der Waals surface area contributed by atoms with Gasteiger partial charge in [-0.3, -0.25) is 14.4 Å². The Hall–Kier alpha value is -5.52. The normalized spacial score (nSPS) is 15.8. The van der Waals surface area contributed by atoms with E-state index < -0.39 is 11.6 Å². The largest absolute Gasteiger partial charge is 0.381 e. The summed E-state index contributed by atoms with van der Waals surface area (Å²) in [4.78, 5) is 50.9. The zero-order valence-electron chi connectivity index (χ0n) is 29.8. The summed E-state index contributed by atoms with van der Waals surface area (Å²) in [6.45, 7) is 9.45. The van der Waals surface area contributed by atoms with Crippen LogP contribution in [0.5, 0.6) is 0 Å². The molecule has 3 aliphatic rings. The van der Waals surface area contributed by atoms with E-state index in [-0.39, 0.29) is 35.0 Å². The molecule has 2 fully saturated rings. The Morgan fingerprint density at radius 2 is 1.67 bits per heavy atom. The van der Waals surface area contributed by atoms with Gasteiger partial charge in [-0.25, -0.2) is 13.8 Å². The maximum absolute atomic E-state index is 14.3. The van der Waals surface area contributed by atoms with Crippen LogP contribution in [-0.4, -0.2) is 55.4 Å². The number of Topliss-reactive ketones (excluding diaryl/α,β-unsaturated/α-hetero) is 1. The summed E-state index contributed by atoms with van der Waals surface area (Å²) in [6, 6.07) is 21.6. The Kier molecular flexibility index (Phi) is 9.45. The number of benzene rings is 3. The Labute approximate surface area is 316 Å². The van der Waals surface area contributed by atoms with Gasteiger partial charge in [0.15, 0.2) is 5.78 Å². The molecule has 5 heterocycles. The molecule has 11 heteroatoms. The molecule has 0 bridgehead atoms. The molecule has 2 saturated heterocycles. The number of rotatable bonds is 8. The van der Waals surface area contributed by atoms with Crippen molar-refractivity contribution in [2.24, 2.45) is 5.41 Å². The molecule has 2 amide bonds. The first-order valence-corrected chi connectivity index (χ1v) is 18.8. The Morgan fingerprint density at radius 1 is 0.944 bits per heavy atom. The van der Waals surface area contributed by atoms with Gasteiger partial charge in [0.1, 0.15) is 17.5 Å². The lowest BCUT2D eigenvalue weighted by atomic mass is 9.73. The number of fused-ring (bicyclic) bond motifs is 3. The smallest absolute Gasteiger partial charge is 0.259 e. The summed E-state index contributed by atoms with van der Waals surface area (Å²) in [5.41, 5.74) is 5.41. The molecule has 2 aromatic heterocycles. The Morgan fingerprint density at radius 3 is 2.39 bits per heavy atom. The van der Waals surface area contributed by atoms with Gasteiger partial charge in [0.05, 0.1) is 16.1 Å². The molecule has 8 rings (SSSR count). The zero-order chi connectivity index (χ0) is 37.6. The number of anilines is 3. The highest BCUT2D eigenvalue weighted by atomic mass is 32.1. The third kappa shape index (κ3) is 6.73. The highest BCUT2D eigenvalue weighted by Gasteiger charge is 2.45. The molecule has 1 N–H and O–H groups in total. The van der Waals surface area contributed by atoms with E-state index in [2.05, 4.69) is 16.8 Å². The van der Waals surface area contributed by atoms with Crippen LogP contribution in [0.2, 0.25) is 0 Å². The molecule has 1 spiro atoms. The maximum atomic E-state index is 14.3. The number of hydrogen-bond donors (Lipinski definition) is 1. The monoisotopic (exact) mass is 744 g/mol. The van der Waals surface area contributed by atoms with Crippen LogP contribution in [0, 0.1) is 17.0 Å². The predicted octanol–water partition coefficient (Wildman–Crippen LogP) is 8.62. The number of nitrogens with zero attached hydrogens (tertiary/aromatic N) is 3. The highest BCUT2D eigenvalue weighted by Crippen LogP contribution is 2.44. The number of carbonyl (C=O) groups excluding carboxylic acids is 3. The summed E-state index contributed by atoms with van der Waals surface area (Å²) >= 11 is 1.27. The minimum atomic E-state index is -0.748. The molecule has 0 unspecified atom stereocenters. The van der Waals surface area contributed by atoms with Crippen molar-refractivity contribution in [2.75, 3.05) is 48.0 Å². The Bertz CT molecular complexity index is 2290. The van der Waals surface area contributed by atoms with Gasteiger partial charge in [0, 0.05) is 78.1 Å². The van der Waals surface area contributed by atoms with Crippen molar-refractivity contribution >= 4 is 51.7 Å². The molecule has 3 aromatic carbocycles. The second-order valence-corrected chi connectivity index (χ2v) is 15.4. The van der Waals surface area contributed by atoms with Gasteiger partial charge in [-0.05, 0) is 97.5 Å². The van der Waals surface area contributed by atoms with Crippen LogP contribution in [0.15, 0.2) is 91.6 Å². The molecule has 54 heavy (non-hydrogen) atoms. The fraction of sp³-hybridized carbons (Fsp3) is 0.256. The molecule has 5 aromatic rings. The van der Waals surface area contributed by atoms with Crippen LogP contribution < -0.4 is 15.1 Å². The summed E-state index contributed by atoms with van der Waals surface area (Å²) in [5, 5.41) is 3.01. The molecule has 0 atom stereocenters. The first-order chi connectivity index (χ1) is 26.1. The number of amides is 2. The fourth-order valence-corrected chi connectivity index (χ4v) is 8.77. The minimum Gasteiger partial charge on any atom is -0.381 e. The number of para-hydroxylation sites is 1. The van der Waals surface area contributed by atoms with Gasteiger partial charge >= 0.3 is 0 Å². The quantitative estimate of drug-likeness (QED) is 0.160. The van der Waals surface area contributed by atoms with E-state index in [1.807, 2.05) is 37.3 Å². The van der Waals surface area contributed by atoms with Crippen molar-refractivity contribution < 1.29 is 27.9 Å². The topological polar surface area (TPSA) is 91.8 Å². The summed E-state index contributed by atoms with van der Waals surface area (Å²) < 4.78 is 34.2. The van der Waals surface area contributed by atoms with E-state index in [1.54, 1.807) is 41.4 Å². The van der Waals surface area contributed by atoms with Crippen molar-refractivity contribution in [1.29, 1.82) is 0 Å². The van der Waals surface area contributed by atoms with Crippen LogP contribution >= 0.6 is 11.3 Å². The van der Waals surface area contributed by atoms with Crippen LogP contribution in [0.3, 0.4) is 0 Å². The number of aromatic nitrogens is 1. The van der Waals surface area contributed by atoms with Crippen molar-refractivity contribution in [1.82, 2.24) is 4.98 Å². The van der Waals surface area contributed by atoms with E-state index >= 15 is 0 Å². The third-order valence-corrected chi connectivity index (χ3v) is 11.9. The van der Waals surface area contributed by atoms with E-state index in [0.29, 0.717) is 46.2 Å². The number of carbonyl (C=O) groups is 3.